The summed E-state index contributed by atoms with van der Waals surface area (Å²) >= 11 is 5.94. The van der Waals surface area contributed by atoms with Crippen LogP contribution in [0.2, 0.25) is 5.02 Å². The van der Waals surface area contributed by atoms with E-state index < -0.39 is 24.0 Å². The fraction of sp³-hybridized carbons (Fsp3) is 0.240. The molecule has 0 spiro atoms. The molecular weight excluding hydrogens is 529 g/mol. The minimum Gasteiger partial charge on any atom is -0.493 e. The first-order chi connectivity index (χ1) is 18.0. The molecule has 5 N–H and O–H groups in total. The van der Waals surface area contributed by atoms with Crippen LogP contribution in [0, 0.1) is 0 Å². The molecule has 1 atom stereocenters. The van der Waals surface area contributed by atoms with Crippen LogP contribution in [0.1, 0.15) is 23.5 Å². The molecule has 202 valence electrons. The normalized spacial score (nSPS) is 11.9. The predicted molar refractivity (Wildman–Crippen MR) is 135 cm³/mol. The molecule has 4 aromatic rings. The number of imidazole rings is 1. The first-order valence-corrected chi connectivity index (χ1v) is 11.7. The number of anilines is 1. The summed E-state index contributed by atoms with van der Waals surface area (Å²) in [5, 5.41) is 21.6. The van der Waals surface area contributed by atoms with Gasteiger partial charge in [0.1, 0.15) is 5.75 Å². The minimum absolute atomic E-state index is 0.385. The Morgan fingerprint density at radius 1 is 1.11 bits per heavy atom. The lowest BCUT2D eigenvalue weighted by atomic mass is 9.92. The van der Waals surface area contributed by atoms with Crippen molar-refractivity contribution >= 4 is 40.4 Å². The van der Waals surface area contributed by atoms with Crippen LogP contribution in [0.15, 0.2) is 61.1 Å². The number of H-pyrrole nitrogens is 2. The Bertz CT molecular complexity index is 1340. The third-order valence-electron chi connectivity index (χ3n) is 5.36. The number of hydrogen-bond donors (Lipinski definition) is 5. The lowest BCUT2D eigenvalue weighted by molar-refractivity contribution is -0.192. The number of alkyl halides is 3. The molecule has 0 saturated carbocycles. The molecule has 0 bridgehead atoms. The van der Waals surface area contributed by atoms with Crippen molar-refractivity contribution in [1.82, 2.24) is 15.0 Å². The number of nitrogens with zero attached hydrogens (tertiary/aromatic N) is 1. The van der Waals surface area contributed by atoms with Gasteiger partial charge in [-0.15, -0.1) is 0 Å². The molecule has 1 unspecified atom stereocenters. The van der Waals surface area contributed by atoms with E-state index in [0.717, 1.165) is 46.7 Å². The topological polar surface area (TPSA) is 140 Å². The van der Waals surface area contributed by atoms with Crippen LogP contribution in [0.25, 0.3) is 10.9 Å². The van der Waals surface area contributed by atoms with E-state index in [4.69, 9.17) is 26.2 Å². The van der Waals surface area contributed by atoms with Crippen LogP contribution in [0.3, 0.4) is 0 Å². The van der Waals surface area contributed by atoms with Gasteiger partial charge < -0.3 is 30.2 Å². The maximum absolute atomic E-state index is 11.9. The van der Waals surface area contributed by atoms with Crippen molar-refractivity contribution in [3.05, 3.63) is 77.2 Å². The minimum atomic E-state index is -5.08. The molecule has 38 heavy (non-hydrogen) atoms. The second-order valence-electron chi connectivity index (χ2n) is 8.04. The fourth-order valence-electron chi connectivity index (χ4n) is 3.52. The largest absolute Gasteiger partial charge is 0.493 e. The summed E-state index contributed by atoms with van der Waals surface area (Å²) in [4.78, 5) is 31.1. The van der Waals surface area contributed by atoms with Gasteiger partial charge in [0.25, 0.3) is 0 Å². The number of ether oxygens (including phenoxy) is 1. The van der Waals surface area contributed by atoms with Gasteiger partial charge in [-0.3, -0.25) is 4.79 Å². The standard InChI is InChI=1S/C23H23ClN4O3.C2HF3O2/c24-17-4-2-15(3-5-17)20(22(29)30)12-16-14-28-21-13-18(6-7-19(16)21)31-11-1-8-25-23-26-9-10-27-23;3-2(4,5)1(6)7/h2-7,9-10,13-14,20,28H,1,8,11-12H2,(H,29,30)(H2,25,26,27);(H,6,7). The summed E-state index contributed by atoms with van der Waals surface area (Å²) in [5.74, 6) is -2.74. The SMILES string of the molecule is O=C(O)C(Cc1c[nH]c2cc(OCCCNc3ncc[nH]3)ccc12)c1ccc(Cl)cc1.O=C(O)C(F)(F)F. The number of aliphatic carboxylic acids is 2. The first kappa shape index (κ1) is 28.4. The number of nitrogens with one attached hydrogen (secondary N) is 3. The maximum Gasteiger partial charge on any atom is 0.490 e. The van der Waals surface area contributed by atoms with Crippen LogP contribution in [-0.2, 0) is 16.0 Å². The van der Waals surface area contributed by atoms with E-state index in [1.54, 1.807) is 36.7 Å². The Hall–Kier alpha value is -4.19. The van der Waals surface area contributed by atoms with Gasteiger partial charge >= 0.3 is 18.1 Å². The summed E-state index contributed by atoms with van der Waals surface area (Å²) in [6.07, 6.45) is 1.47. The zero-order valence-corrected chi connectivity index (χ0v) is 20.5. The number of fused-ring (bicyclic) bond motifs is 1. The Balaban J connectivity index is 0.000000505. The Kier molecular flexibility index (Phi) is 9.61. The number of carboxylic acid groups (broad SMARTS) is 2. The molecule has 0 fully saturated rings. The first-order valence-electron chi connectivity index (χ1n) is 11.3. The van der Waals surface area contributed by atoms with Gasteiger partial charge in [0.2, 0.25) is 0 Å². The number of benzene rings is 2. The van der Waals surface area contributed by atoms with E-state index in [-0.39, 0.29) is 0 Å². The molecule has 2 heterocycles. The molecule has 0 aliphatic carbocycles. The van der Waals surface area contributed by atoms with Crippen molar-refractivity contribution in [2.24, 2.45) is 0 Å². The molecule has 13 heteroatoms. The molecule has 0 radical (unpaired) electrons. The number of rotatable bonds is 10. The van der Waals surface area contributed by atoms with Crippen molar-refractivity contribution in [1.29, 1.82) is 0 Å². The van der Waals surface area contributed by atoms with E-state index in [9.17, 15) is 23.1 Å². The summed E-state index contributed by atoms with van der Waals surface area (Å²) in [6.45, 7) is 1.33. The third-order valence-corrected chi connectivity index (χ3v) is 5.61. The van der Waals surface area contributed by atoms with Gasteiger partial charge in [-0.1, -0.05) is 23.7 Å². The lowest BCUT2D eigenvalue weighted by Gasteiger charge is -2.12. The molecule has 0 aliphatic heterocycles. The van der Waals surface area contributed by atoms with Crippen molar-refractivity contribution < 1.29 is 37.7 Å². The molecule has 0 amide bonds. The molecule has 9 nitrogen and oxygen atoms in total. The number of carbonyl (C=O) groups is 2. The molecule has 4 rings (SSSR count). The summed E-state index contributed by atoms with van der Waals surface area (Å²) in [5.41, 5.74) is 2.60. The average molecular weight is 553 g/mol. The highest BCUT2D eigenvalue weighted by Crippen LogP contribution is 2.29. The van der Waals surface area contributed by atoms with Crippen molar-refractivity contribution in [3.63, 3.8) is 0 Å². The number of hydrogen-bond acceptors (Lipinski definition) is 5. The lowest BCUT2D eigenvalue weighted by Crippen LogP contribution is -2.21. The van der Waals surface area contributed by atoms with Gasteiger partial charge in [-0.25, -0.2) is 9.78 Å². The number of carboxylic acids is 2. The quantitative estimate of drug-likeness (QED) is 0.164. The monoisotopic (exact) mass is 552 g/mol. The highest BCUT2D eigenvalue weighted by molar-refractivity contribution is 6.30. The average Bonchev–Trinajstić information content (AvgIpc) is 3.52. The van der Waals surface area contributed by atoms with E-state index in [1.165, 1.54) is 0 Å². The molecule has 2 aromatic carbocycles. The summed E-state index contributed by atoms with van der Waals surface area (Å²) in [6, 6.07) is 12.8. The van der Waals surface area contributed by atoms with E-state index in [1.807, 2.05) is 24.4 Å². The van der Waals surface area contributed by atoms with Crippen LogP contribution in [0.4, 0.5) is 19.1 Å². The Morgan fingerprint density at radius 3 is 2.42 bits per heavy atom. The van der Waals surface area contributed by atoms with Crippen molar-refractivity contribution in [3.8, 4) is 5.75 Å². The Morgan fingerprint density at radius 2 is 1.82 bits per heavy atom. The molecular formula is C25H24ClF3N4O5. The van der Waals surface area contributed by atoms with Crippen molar-refractivity contribution in [2.45, 2.75) is 24.9 Å². The van der Waals surface area contributed by atoms with E-state index in [2.05, 4.69) is 20.3 Å². The zero-order chi connectivity index (χ0) is 27.7. The molecule has 0 saturated heterocycles. The Labute approximate surface area is 219 Å². The fourth-order valence-corrected chi connectivity index (χ4v) is 3.64. The van der Waals surface area contributed by atoms with Crippen molar-refractivity contribution in [2.75, 3.05) is 18.5 Å². The summed E-state index contributed by atoms with van der Waals surface area (Å²) < 4.78 is 37.6. The molecule has 2 aromatic heterocycles. The van der Waals surface area contributed by atoms with Gasteiger partial charge in [0.15, 0.2) is 5.95 Å². The third kappa shape index (κ3) is 8.17. The number of aromatic amines is 2. The zero-order valence-electron chi connectivity index (χ0n) is 19.8. The van der Waals surface area contributed by atoms with Crippen LogP contribution >= 0.6 is 11.6 Å². The second kappa shape index (κ2) is 12.9. The van der Waals surface area contributed by atoms with Gasteiger partial charge in [-0.2, -0.15) is 13.2 Å². The summed E-state index contributed by atoms with van der Waals surface area (Å²) in [7, 11) is 0. The van der Waals surface area contributed by atoms with Crippen LogP contribution < -0.4 is 10.1 Å². The second-order valence-corrected chi connectivity index (χ2v) is 8.47. The predicted octanol–water partition coefficient (Wildman–Crippen LogP) is 5.47. The van der Waals surface area contributed by atoms with E-state index in [0.29, 0.717) is 18.1 Å². The highest BCUT2D eigenvalue weighted by atomic mass is 35.5. The maximum atomic E-state index is 11.9. The van der Waals surface area contributed by atoms with E-state index >= 15 is 0 Å². The van der Waals surface area contributed by atoms with Gasteiger partial charge in [0.05, 0.1) is 12.5 Å². The van der Waals surface area contributed by atoms with Gasteiger partial charge in [-0.05, 0) is 48.2 Å². The van der Waals surface area contributed by atoms with Crippen LogP contribution in [0.5, 0.6) is 5.75 Å². The highest BCUT2D eigenvalue weighted by Gasteiger charge is 2.38. The smallest absolute Gasteiger partial charge is 0.490 e. The molecule has 0 aliphatic rings. The number of aromatic nitrogens is 3. The number of halogens is 4. The van der Waals surface area contributed by atoms with Crippen LogP contribution in [-0.4, -0.2) is 56.4 Å². The van der Waals surface area contributed by atoms with Gasteiger partial charge in [0, 0.05) is 47.1 Å².